The topological polar surface area (TPSA) is 181 Å². The van der Waals surface area contributed by atoms with Gasteiger partial charge in [0.15, 0.2) is 0 Å². The maximum Gasteiger partial charge on any atom is 3.00 e. The minimum absolute atomic E-state index is 0. The maximum atomic E-state index is 10.8. The Kier molecular flexibility index (Phi) is 17.7. The molecule has 1 radical (unpaired) electrons. The van der Waals surface area contributed by atoms with Crippen LogP contribution in [0.4, 0.5) is 0 Å². The van der Waals surface area contributed by atoms with E-state index in [9.17, 15) is 45.0 Å². The van der Waals surface area contributed by atoms with Gasteiger partial charge in [0.1, 0.15) is 17.2 Å². The molecule has 0 atom stereocenters. The van der Waals surface area contributed by atoms with Crippen LogP contribution in [0.15, 0.2) is 36.4 Å². The van der Waals surface area contributed by atoms with Crippen molar-refractivity contribution in [2.45, 2.75) is 119 Å². The molecule has 3 aromatic rings. The number of aromatic hydroxyl groups is 3. The normalized spacial score (nSPS) is 10.9. The summed E-state index contributed by atoms with van der Waals surface area (Å²) in [6, 6.07) is 9.49. The standard InChI is InChI=1S/3C13H18O3.Cr/c3*1-7(2)9-5-6-10(13(15)16)12(14)11(9)8(3)4;/h3*5-8,14H,1-4H3,(H,15,16);/q;;;+3/p-3. The number of carboxylic acid groups (broad SMARTS) is 3. The Morgan fingerprint density at radius 3 is 0.714 bits per heavy atom. The molecule has 0 unspecified atom stereocenters. The third-order valence-corrected chi connectivity index (χ3v) is 8.01. The third-order valence-electron chi connectivity index (χ3n) is 8.01. The van der Waals surface area contributed by atoms with Gasteiger partial charge in [0.25, 0.3) is 0 Å². The van der Waals surface area contributed by atoms with Crippen molar-refractivity contribution in [2.24, 2.45) is 0 Å². The molecule has 0 fully saturated rings. The van der Waals surface area contributed by atoms with Gasteiger partial charge in [-0.1, -0.05) is 101 Å². The largest absolute Gasteiger partial charge is 3.00 e. The zero-order valence-electron chi connectivity index (χ0n) is 30.6. The number of benzene rings is 3. The van der Waals surface area contributed by atoms with Crippen LogP contribution in [-0.4, -0.2) is 33.2 Å². The van der Waals surface area contributed by atoms with E-state index in [0.717, 1.165) is 16.7 Å². The van der Waals surface area contributed by atoms with Crippen LogP contribution in [0.3, 0.4) is 0 Å². The molecular weight excluding hydrogens is 664 g/mol. The number of carbonyl (C=O) groups is 3. The van der Waals surface area contributed by atoms with Crippen molar-refractivity contribution in [1.29, 1.82) is 0 Å². The first-order chi connectivity index (χ1) is 22.1. The Morgan fingerprint density at radius 1 is 0.408 bits per heavy atom. The minimum Gasteiger partial charge on any atom is -0.545 e. The van der Waals surface area contributed by atoms with Gasteiger partial charge >= 0.3 is 17.4 Å². The van der Waals surface area contributed by atoms with Crippen LogP contribution in [0.25, 0.3) is 0 Å². The van der Waals surface area contributed by atoms with Gasteiger partial charge in [-0.2, -0.15) is 0 Å². The smallest absolute Gasteiger partial charge is 0.545 e. The molecule has 0 aliphatic rings. The summed E-state index contributed by atoms with van der Waals surface area (Å²) in [7, 11) is 0. The first kappa shape index (κ1) is 45.0. The van der Waals surface area contributed by atoms with Crippen LogP contribution < -0.4 is 15.3 Å². The number of hydrogen-bond acceptors (Lipinski definition) is 9. The maximum absolute atomic E-state index is 10.8. The molecule has 49 heavy (non-hydrogen) atoms. The van der Waals surface area contributed by atoms with E-state index in [-0.39, 0.29) is 86.8 Å². The van der Waals surface area contributed by atoms with Gasteiger partial charge in [0.05, 0.1) is 17.9 Å². The number of rotatable bonds is 9. The molecule has 3 aromatic carbocycles. The Balaban J connectivity index is 0.000000698. The molecule has 0 amide bonds. The third kappa shape index (κ3) is 11.3. The zero-order chi connectivity index (χ0) is 37.4. The van der Waals surface area contributed by atoms with Crippen LogP contribution in [0.1, 0.15) is 183 Å². The molecule has 0 bridgehead atoms. The molecule has 0 aliphatic heterocycles. The molecule has 0 aromatic heterocycles. The Hall–Kier alpha value is -4.00. The molecule has 0 saturated heterocycles. The van der Waals surface area contributed by atoms with Crippen molar-refractivity contribution in [3.8, 4) is 17.2 Å². The average molecular weight is 716 g/mol. The summed E-state index contributed by atoms with van der Waals surface area (Å²) >= 11 is 0. The summed E-state index contributed by atoms with van der Waals surface area (Å²) < 4.78 is 0. The number of aromatic carboxylic acids is 3. The molecule has 0 spiro atoms. The van der Waals surface area contributed by atoms with E-state index in [1.165, 1.54) is 18.2 Å². The summed E-state index contributed by atoms with van der Waals surface area (Å²) in [6.45, 7) is 23.7. The van der Waals surface area contributed by atoms with E-state index < -0.39 is 17.9 Å². The van der Waals surface area contributed by atoms with Gasteiger partial charge < -0.3 is 45.0 Å². The predicted molar refractivity (Wildman–Crippen MR) is 182 cm³/mol. The zero-order valence-corrected chi connectivity index (χ0v) is 31.9. The van der Waals surface area contributed by atoms with Gasteiger partial charge in [0.2, 0.25) is 0 Å². The number of carboxylic acids is 3. The van der Waals surface area contributed by atoms with E-state index >= 15 is 0 Å². The van der Waals surface area contributed by atoms with E-state index in [1.54, 1.807) is 18.2 Å². The summed E-state index contributed by atoms with van der Waals surface area (Å²) in [4.78, 5) is 32.4. The van der Waals surface area contributed by atoms with Gasteiger partial charge in [-0.25, -0.2) is 0 Å². The second-order valence-electron chi connectivity index (χ2n) is 13.7. The first-order valence-corrected chi connectivity index (χ1v) is 16.3. The van der Waals surface area contributed by atoms with Gasteiger partial charge in [0, 0.05) is 33.4 Å². The van der Waals surface area contributed by atoms with Crippen molar-refractivity contribution < 1.29 is 62.4 Å². The molecule has 0 aliphatic carbocycles. The Labute approximate surface area is 301 Å². The van der Waals surface area contributed by atoms with E-state index in [2.05, 4.69) is 0 Å². The fraction of sp³-hybridized carbons (Fsp3) is 0.462. The fourth-order valence-corrected chi connectivity index (χ4v) is 5.70. The predicted octanol–water partition coefficient (Wildman–Crippen LogP) is 6.01. The van der Waals surface area contributed by atoms with Crippen molar-refractivity contribution >= 4 is 17.9 Å². The van der Waals surface area contributed by atoms with Crippen LogP contribution in [0.2, 0.25) is 0 Å². The summed E-state index contributed by atoms with van der Waals surface area (Å²) in [5, 5.41) is 62.2. The first-order valence-electron chi connectivity index (χ1n) is 16.3. The summed E-state index contributed by atoms with van der Waals surface area (Å²) in [6.07, 6.45) is 0. The second-order valence-corrected chi connectivity index (χ2v) is 13.7. The Morgan fingerprint density at radius 2 is 0.592 bits per heavy atom. The van der Waals surface area contributed by atoms with Crippen LogP contribution >= 0.6 is 0 Å². The van der Waals surface area contributed by atoms with Crippen LogP contribution in [0, 0.1) is 0 Å². The monoisotopic (exact) mass is 715 g/mol. The van der Waals surface area contributed by atoms with Crippen LogP contribution in [0.5, 0.6) is 17.2 Å². The van der Waals surface area contributed by atoms with Crippen molar-refractivity contribution in [2.75, 3.05) is 0 Å². The molecule has 10 heteroatoms. The number of carbonyl (C=O) groups excluding carboxylic acids is 3. The molecular formula is C39H51CrO9. The van der Waals surface area contributed by atoms with Gasteiger partial charge in [-0.15, -0.1) is 0 Å². The molecule has 3 N–H and O–H groups in total. The summed E-state index contributed by atoms with van der Waals surface area (Å²) in [5.41, 5.74) is 4.67. The van der Waals surface area contributed by atoms with E-state index in [1.807, 2.05) is 83.1 Å². The number of hydrogen-bond donors (Lipinski definition) is 3. The summed E-state index contributed by atoms with van der Waals surface area (Å²) in [5.74, 6) is -3.48. The van der Waals surface area contributed by atoms with Gasteiger partial charge in [-0.3, -0.25) is 0 Å². The van der Waals surface area contributed by atoms with E-state index in [4.69, 9.17) is 0 Å². The molecule has 0 saturated carbocycles. The average Bonchev–Trinajstić information content (AvgIpc) is 2.95. The van der Waals surface area contributed by atoms with E-state index in [0.29, 0.717) is 16.7 Å². The van der Waals surface area contributed by atoms with Crippen molar-refractivity contribution in [1.82, 2.24) is 0 Å². The molecule has 0 heterocycles. The van der Waals surface area contributed by atoms with Crippen LogP contribution in [-0.2, 0) is 17.4 Å². The molecule has 3 rings (SSSR count). The quantitative estimate of drug-likeness (QED) is 0.239. The number of phenols is 3. The van der Waals surface area contributed by atoms with Gasteiger partial charge in [-0.05, 0) is 70.4 Å². The SMILES string of the molecule is CC(C)c1ccc(C(=O)[O-])c(O)c1C(C)C.CC(C)c1ccc(C(=O)[O-])c(O)c1C(C)C.CC(C)c1ccc(C(=O)[O-])c(O)c1C(C)C.[Cr+3]. The molecule has 267 valence electrons. The fourth-order valence-electron chi connectivity index (χ4n) is 5.70. The molecule has 9 nitrogen and oxygen atoms in total. The van der Waals surface area contributed by atoms with Crippen molar-refractivity contribution in [3.63, 3.8) is 0 Å². The minimum atomic E-state index is -1.34. The second kappa shape index (κ2) is 19.3. The van der Waals surface area contributed by atoms with Crippen molar-refractivity contribution in [3.05, 3.63) is 86.5 Å². The Bertz CT molecular complexity index is 1410.